The van der Waals surface area contributed by atoms with Crippen LogP contribution in [0.4, 0.5) is 0 Å². The van der Waals surface area contributed by atoms with Gasteiger partial charge in [0.05, 0.1) is 18.4 Å². The number of methoxy groups -OCH3 is 1. The number of aromatic nitrogens is 1. The molecule has 0 saturated heterocycles. The number of carbonyl (C=O) groups excluding carboxylic acids is 2. The lowest BCUT2D eigenvalue weighted by atomic mass is 10.0. The summed E-state index contributed by atoms with van der Waals surface area (Å²) in [6, 6.07) is 24.6. The van der Waals surface area contributed by atoms with E-state index in [2.05, 4.69) is 10.3 Å². The Morgan fingerprint density at radius 1 is 0.935 bits per heavy atom. The van der Waals surface area contributed by atoms with Gasteiger partial charge in [-0.2, -0.15) is 0 Å². The number of ketones is 1. The molecule has 5 heteroatoms. The number of fused-ring (bicyclic) bond motifs is 1. The molecule has 1 atom stereocenters. The fourth-order valence-electron chi connectivity index (χ4n) is 3.77. The van der Waals surface area contributed by atoms with Gasteiger partial charge in [0.25, 0.3) is 11.7 Å². The van der Waals surface area contributed by atoms with Gasteiger partial charge in [0.2, 0.25) is 0 Å². The van der Waals surface area contributed by atoms with Crippen molar-refractivity contribution in [2.75, 3.05) is 7.11 Å². The van der Waals surface area contributed by atoms with Crippen LogP contribution in [0.3, 0.4) is 0 Å². The van der Waals surface area contributed by atoms with Gasteiger partial charge >= 0.3 is 0 Å². The molecular weight excluding hydrogens is 388 g/mol. The first-order valence-electron chi connectivity index (χ1n) is 10.2. The molecule has 4 rings (SSSR count). The molecule has 1 aromatic heterocycles. The molecule has 0 bridgehead atoms. The van der Waals surface area contributed by atoms with Crippen LogP contribution in [0.25, 0.3) is 22.2 Å². The van der Waals surface area contributed by atoms with Crippen molar-refractivity contribution < 1.29 is 14.3 Å². The Morgan fingerprint density at radius 2 is 1.61 bits per heavy atom. The van der Waals surface area contributed by atoms with Crippen LogP contribution >= 0.6 is 0 Å². The summed E-state index contributed by atoms with van der Waals surface area (Å²) < 4.78 is 5.18. The molecule has 2 N–H and O–H groups in total. The third kappa shape index (κ3) is 4.36. The number of amides is 1. The number of carbonyl (C=O) groups is 2. The SMILES string of the molecule is COc1ccc(C[C@H](C)NC(=O)C(=O)c2c(-c3ccccc3)[nH]c3ccccc23)cc1. The Labute approximate surface area is 181 Å². The van der Waals surface area contributed by atoms with E-state index in [0.29, 0.717) is 17.7 Å². The van der Waals surface area contributed by atoms with Crippen LogP contribution in [0.2, 0.25) is 0 Å². The summed E-state index contributed by atoms with van der Waals surface area (Å²) >= 11 is 0. The molecule has 0 aliphatic heterocycles. The molecule has 0 fully saturated rings. The third-order valence-electron chi connectivity index (χ3n) is 5.28. The minimum absolute atomic E-state index is 0.199. The summed E-state index contributed by atoms with van der Waals surface area (Å²) in [5.41, 5.74) is 3.80. The van der Waals surface area contributed by atoms with Crippen molar-refractivity contribution in [3.8, 4) is 17.0 Å². The quantitative estimate of drug-likeness (QED) is 0.339. The Bertz CT molecular complexity index is 1210. The predicted octanol–water partition coefficient (Wildman–Crippen LogP) is 4.77. The number of benzene rings is 3. The van der Waals surface area contributed by atoms with E-state index < -0.39 is 11.7 Å². The number of nitrogens with one attached hydrogen (secondary N) is 2. The van der Waals surface area contributed by atoms with Crippen LogP contribution in [0.15, 0.2) is 78.9 Å². The van der Waals surface area contributed by atoms with Crippen molar-refractivity contribution in [2.45, 2.75) is 19.4 Å². The molecule has 0 aliphatic carbocycles. The normalized spacial score (nSPS) is 11.8. The van der Waals surface area contributed by atoms with Crippen LogP contribution in [-0.4, -0.2) is 29.8 Å². The van der Waals surface area contributed by atoms with Crippen LogP contribution < -0.4 is 10.1 Å². The summed E-state index contributed by atoms with van der Waals surface area (Å²) in [6.07, 6.45) is 0.614. The molecule has 3 aromatic carbocycles. The summed E-state index contributed by atoms with van der Waals surface area (Å²) in [6.45, 7) is 1.89. The number of aromatic amines is 1. The maximum atomic E-state index is 13.2. The van der Waals surface area contributed by atoms with E-state index >= 15 is 0 Å². The zero-order valence-corrected chi connectivity index (χ0v) is 17.5. The lowest BCUT2D eigenvalue weighted by molar-refractivity contribution is -0.117. The summed E-state index contributed by atoms with van der Waals surface area (Å²) in [5.74, 6) is -0.371. The smallest absolute Gasteiger partial charge is 0.292 e. The molecule has 1 amide bonds. The highest BCUT2D eigenvalue weighted by Gasteiger charge is 2.25. The van der Waals surface area contributed by atoms with Gasteiger partial charge in [0.1, 0.15) is 5.75 Å². The fraction of sp³-hybridized carbons (Fsp3) is 0.154. The fourth-order valence-corrected chi connectivity index (χ4v) is 3.77. The average Bonchev–Trinajstić information content (AvgIpc) is 3.19. The minimum atomic E-state index is -0.608. The Morgan fingerprint density at radius 3 is 2.32 bits per heavy atom. The molecule has 5 nitrogen and oxygen atoms in total. The summed E-state index contributed by atoms with van der Waals surface area (Å²) in [4.78, 5) is 29.4. The van der Waals surface area contributed by atoms with E-state index in [0.717, 1.165) is 27.8 Å². The molecule has 0 saturated carbocycles. The maximum absolute atomic E-state index is 13.2. The molecule has 0 unspecified atom stereocenters. The van der Waals surface area contributed by atoms with Crippen LogP contribution in [-0.2, 0) is 11.2 Å². The molecule has 4 aromatic rings. The van der Waals surface area contributed by atoms with Gasteiger partial charge in [-0.25, -0.2) is 0 Å². The van der Waals surface area contributed by atoms with E-state index in [1.807, 2.05) is 85.8 Å². The standard InChI is InChI=1S/C26H24N2O3/c1-17(16-18-12-14-20(31-2)15-13-18)27-26(30)25(29)23-21-10-6-7-11-22(21)28-24(23)19-8-4-3-5-9-19/h3-15,17,28H,16H2,1-2H3,(H,27,30)/t17-/m0/s1. The second kappa shape index (κ2) is 8.88. The molecule has 31 heavy (non-hydrogen) atoms. The van der Waals surface area contributed by atoms with Gasteiger partial charge in [-0.1, -0.05) is 60.7 Å². The zero-order valence-electron chi connectivity index (χ0n) is 17.5. The van der Waals surface area contributed by atoms with Gasteiger partial charge in [-0.15, -0.1) is 0 Å². The van der Waals surface area contributed by atoms with Crippen molar-refractivity contribution in [2.24, 2.45) is 0 Å². The maximum Gasteiger partial charge on any atom is 0.292 e. The number of hydrogen-bond acceptors (Lipinski definition) is 3. The van der Waals surface area contributed by atoms with Gasteiger partial charge in [-0.3, -0.25) is 9.59 Å². The van der Waals surface area contributed by atoms with Crippen molar-refractivity contribution in [1.82, 2.24) is 10.3 Å². The number of para-hydroxylation sites is 1. The van der Waals surface area contributed by atoms with Gasteiger partial charge in [-0.05, 0) is 42.7 Å². The predicted molar refractivity (Wildman–Crippen MR) is 122 cm³/mol. The average molecular weight is 412 g/mol. The highest BCUT2D eigenvalue weighted by atomic mass is 16.5. The highest BCUT2D eigenvalue weighted by molar-refractivity contribution is 6.46. The number of rotatable bonds is 7. The first-order chi connectivity index (χ1) is 15.1. The molecule has 0 radical (unpaired) electrons. The number of hydrogen-bond donors (Lipinski definition) is 2. The monoisotopic (exact) mass is 412 g/mol. The lowest BCUT2D eigenvalue weighted by Crippen LogP contribution is -2.38. The van der Waals surface area contributed by atoms with Crippen LogP contribution in [0.1, 0.15) is 22.8 Å². The first-order valence-corrected chi connectivity index (χ1v) is 10.2. The van der Waals surface area contributed by atoms with E-state index in [1.165, 1.54) is 0 Å². The largest absolute Gasteiger partial charge is 0.497 e. The topological polar surface area (TPSA) is 71.2 Å². The Hall–Kier alpha value is -3.86. The summed E-state index contributed by atoms with van der Waals surface area (Å²) in [5, 5.41) is 3.59. The summed E-state index contributed by atoms with van der Waals surface area (Å²) in [7, 11) is 1.62. The van der Waals surface area contributed by atoms with Crippen molar-refractivity contribution in [3.05, 3.63) is 90.0 Å². The molecule has 0 aliphatic rings. The number of ether oxygens (including phenoxy) is 1. The molecular formula is C26H24N2O3. The van der Waals surface area contributed by atoms with Gasteiger partial charge in [0, 0.05) is 16.9 Å². The number of Topliss-reactive ketones (excluding diaryl/α,β-unsaturated/α-hetero) is 1. The van der Waals surface area contributed by atoms with E-state index in [9.17, 15) is 9.59 Å². The van der Waals surface area contributed by atoms with Crippen molar-refractivity contribution in [1.29, 1.82) is 0 Å². The van der Waals surface area contributed by atoms with E-state index in [4.69, 9.17) is 4.74 Å². The highest BCUT2D eigenvalue weighted by Crippen LogP contribution is 2.30. The van der Waals surface area contributed by atoms with Crippen LogP contribution in [0.5, 0.6) is 5.75 Å². The molecule has 1 heterocycles. The number of H-pyrrole nitrogens is 1. The molecule has 156 valence electrons. The Kier molecular flexibility index (Phi) is 5.85. The molecule has 0 spiro atoms. The lowest BCUT2D eigenvalue weighted by Gasteiger charge is -2.14. The second-order valence-electron chi connectivity index (χ2n) is 7.54. The first kappa shape index (κ1) is 20.4. The van der Waals surface area contributed by atoms with E-state index in [-0.39, 0.29) is 6.04 Å². The Balaban J connectivity index is 1.57. The van der Waals surface area contributed by atoms with E-state index in [1.54, 1.807) is 7.11 Å². The van der Waals surface area contributed by atoms with Gasteiger partial charge < -0.3 is 15.0 Å². The van der Waals surface area contributed by atoms with Crippen LogP contribution in [0, 0.1) is 0 Å². The second-order valence-corrected chi connectivity index (χ2v) is 7.54. The zero-order chi connectivity index (χ0) is 21.8. The third-order valence-corrected chi connectivity index (χ3v) is 5.28. The van der Waals surface area contributed by atoms with Gasteiger partial charge in [0.15, 0.2) is 0 Å². The van der Waals surface area contributed by atoms with Crippen molar-refractivity contribution >= 4 is 22.6 Å². The van der Waals surface area contributed by atoms with Crippen molar-refractivity contribution in [3.63, 3.8) is 0 Å². The minimum Gasteiger partial charge on any atom is -0.497 e.